The molecule has 0 aliphatic rings. The average Bonchev–Trinajstić information content (AvgIpc) is 3.18. The number of hydrogen-bond acceptors (Lipinski definition) is 4. The molecule has 8 heteroatoms. The number of carbonyl (C=O) groups is 1. The van der Waals surface area contributed by atoms with E-state index in [1.165, 1.54) is 10.7 Å². The van der Waals surface area contributed by atoms with Crippen molar-refractivity contribution < 1.29 is 9.18 Å². The highest BCUT2D eigenvalue weighted by molar-refractivity contribution is 5.93. The zero-order valence-electron chi connectivity index (χ0n) is 12.8. The Kier molecular flexibility index (Phi) is 3.23. The molecule has 0 aliphatic heterocycles. The fourth-order valence-corrected chi connectivity index (χ4v) is 2.56. The van der Waals surface area contributed by atoms with Crippen LogP contribution >= 0.6 is 0 Å². The van der Waals surface area contributed by atoms with Crippen molar-refractivity contribution in [3.63, 3.8) is 0 Å². The van der Waals surface area contributed by atoms with Gasteiger partial charge >= 0.3 is 0 Å². The number of hydrogen-bond donors (Lipinski definition) is 1. The first kappa shape index (κ1) is 14.3. The van der Waals surface area contributed by atoms with Gasteiger partial charge in [-0.05, 0) is 30.7 Å². The molecule has 0 atom stereocenters. The molecule has 0 bridgehead atoms. The highest BCUT2D eigenvalue weighted by Crippen LogP contribution is 2.13. The number of carbonyl (C=O) groups excluding carboxylic acids is 1. The normalized spacial score (nSPS) is 11.2. The van der Waals surface area contributed by atoms with E-state index in [-0.39, 0.29) is 12.2 Å². The fourth-order valence-electron chi connectivity index (χ4n) is 2.56. The predicted octanol–water partition coefficient (Wildman–Crippen LogP) is 1.75. The molecule has 1 N–H and O–H groups in total. The Balaban J connectivity index is 1.60. The van der Waals surface area contributed by atoms with Gasteiger partial charge in [0.05, 0.1) is 12.2 Å². The topological polar surface area (TPSA) is 76.6 Å². The van der Waals surface area contributed by atoms with E-state index in [2.05, 4.69) is 20.4 Å². The molecule has 0 radical (unpaired) electrons. The number of fused-ring (bicyclic) bond motifs is 2. The molecule has 4 rings (SSSR count). The molecule has 1 amide bonds. The molecular weight excluding hydrogens is 311 g/mol. The molecule has 0 saturated heterocycles. The van der Waals surface area contributed by atoms with Crippen LogP contribution < -0.4 is 5.32 Å². The number of rotatable bonds is 3. The van der Waals surface area contributed by atoms with Crippen LogP contribution in [0.3, 0.4) is 0 Å². The van der Waals surface area contributed by atoms with Gasteiger partial charge in [0, 0.05) is 6.20 Å². The summed E-state index contributed by atoms with van der Waals surface area (Å²) in [6.07, 6.45) is 3.04. The minimum atomic E-state index is -0.676. The molecule has 4 heterocycles. The van der Waals surface area contributed by atoms with E-state index in [1.807, 2.05) is 31.2 Å². The summed E-state index contributed by atoms with van der Waals surface area (Å²) in [4.78, 5) is 20.4. The van der Waals surface area contributed by atoms with E-state index >= 15 is 0 Å². The van der Waals surface area contributed by atoms with Crippen molar-refractivity contribution in [2.45, 2.75) is 13.5 Å². The Morgan fingerprint density at radius 2 is 2.12 bits per heavy atom. The Hall–Kier alpha value is -3.29. The Labute approximate surface area is 135 Å². The third-order valence-corrected chi connectivity index (χ3v) is 3.73. The second-order valence-corrected chi connectivity index (χ2v) is 5.42. The second-order valence-electron chi connectivity index (χ2n) is 5.42. The zero-order valence-corrected chi connectivity index (χ0v) is 12.8. The van der Waals surface area contributed by atoms with Crippen LogP contribution in [0.4, 0.5) is 4.39 Å². The van der Waals surface area contributed by atoms with Gasteiger partial charge < -0.3 is 5.32 Å². The first-order chi connectivity index (χ1) is 11.6. The molecule has 7 nitrogen and oxygen atoms in total. The minimum absolute atomic E-state index is 0.186. The monoisotopic (exact) mass is 324 g/mol. The van der Waals surface area contributed by atoms with E-state index < -0.39 is 11.9 Å². The lowest BCUT2D eigenvalue weighted by Crippen LogP contribution is -2.25. The van der Waals surface area contributed by atoms with Gasteiger partial charge in [0.25, 0.3) is 5.91 Å². The number of amides is 1. The summed E-state index contributed by atoms with van der Waals surface area (Å²) in [5.74, 6) is -1.25. The predicted molar refractivity (Wildman–Crippen MR) is 84.0 cm³/mol. The number of halogens is 1. The molecule has 0 saturated carbocycles. The summed E-state index contributed by atoms with van der Waals surface area (Å²) >= 11 is 0. The first-order valence-corrected chi connectivity index (χ1v) is 7.33. The highest BCUT2D eigenvalue weighted by atomic mass is 19.1. The van der Waals surface area contributed by atoms with Crippen LogP contribution in [0.2, 0.25) is 0 Å². The van der Waals surface area contributed by atoms with Crippen LogP contribution in [0.25, 0.3) is 11.3 Å². The summed E-state index contributed by atoms with van der Waals surface area (Å²) in [7, 11) is 0. The quantitative estimate of drug-likeness (QED) is 0.623. The minimum Gasteiger partial charge on any atom is -0.345 e. The smallest absolute Gasteiger partial charge is 0.275 e. The molecule has 120 valence electrons. The van der Waals surface area contributed by atoms with Crippen LogP contribution in [0.5, 0.6) is 0 Å². The summed E-state index contributed by atoms with van der Waals surface area (Å²) < 4.78 is 17.3. The van der Waals surface area contributed by atoms with E-state index in [1.54, 1.807) is 16.8 Å². The van der Waals surface area contributed by atoms with Gasteiger partial charge in [-0.25, -0.2) is 14.5 Å². The van der Waals surface area contributed by atoms with E-state index in [9.17, 15) is 9.18 Å². The van der Waals surface area contributed by atoms with Crippen molar-refractivity contribution in [2.24, 2.45) is 0 Å². The molecule has 0 fully saturated rings. The van der Waals surface area contributed by atoms with Gasteiger partial charge in [-0.3, -0.25) is 9.20 Å². The highest BCUT2D eigenvalue weighted by Gasteiger charge is 2.19. The average molecular weight is 324 g/mol. The first-order valence-electron chi connectivity index (χ1n) is 7.33. The number of nitrogens with one attached hydrogen (secondary N) is 1. The number of imidazole rings is 1. The van der Waals surface area contributed by atoms with Gasteiger partial charge in [-0.15, -0.1) is 0 Å². The van der Waals surface area contributed by atoms with Crippen molar-refractivity contribution in [3.8, 4) is 0 Å². The Morgan fingerprint density at radius 1 is 1.25 bits per heavy atom. The molecule has 0 spiro atoms. The lowest BCUT2D eigenvalue weighted by atomic mass is 10.3. The maximum absolute atomic E-state index is 14.4. The number of pyridine rings is 2. The lowest BCUT2D eigenvalue weighted by molar-refractivity contribution is 0.0941. The maximum atomic E-state index is 14.4. The van der Waals surface area contributed by atoms with Gasteiger partial charge in [0.15, 0.2) is 11.3 Å². The molecule has 0 aromatic carbocycles. The summed E-state index contributed by atoms with van der Waals surface area (Å²) in [5, 5.41) is 6.76. The molecule has 0 aliphatic carbocycles. The molecule has 4 aromatic heterocycles. The molecule has 4 aromatic rings. The van der Waals surface area contributed by atoms with Gasteiger partial charge in [-0.2, -0.15) is 9.49 Å². The third-order valence-electron chi connectivity index (χ3n) is 3.73. The fraction of sp³-hybridized carbons (Fsp3) is 0.125. The third kappa shape index (κ3) is 2.28. The maximum Gasteiger partial charge on any atom is 0.275 e. The number of nitrogens with zero attached hydrogens (tertiary/aromatic N) is 5. The van der Waals surface area contributed by atoms with Crippen LogP contribution in [0.1, 0.15) is 21.7 Å². The summed E-state index contributed by atoms with van der Waals surface area (Å²) in [6, 6.07) is 8.92. The van der Waals surface area contributed by atoms with Crippen LogP contribution in [-0.2, 0) is 6.54 Å². The van der Waals surface area contributed by atoms with Crippen LogP contribution in [0, 0.1) is 12.9 Å². The van der Waals surface area contributed by atoms with E-state index in [0.717, 1.165) is 11.3 Å². The largest absolute Gasteiger partial charge is 0.345 e. The summed E-state index contributed by atoms with van der Waals surface area (Å²) in [5.41, 5.74) is 2.45. The van der Waals surface area contributed by atoms with E-state index in [4.69, 9.17) is 0 Å². The zero-order chi connectivity index (χ0) is 16.7. The van der Waals surface area contributed by atoms with Crippen molar-refractivity contribution in [3.05, 3.63) is 65.8 Å². The molecule has 24 heavy (non-hydrogen) atoms. The van der Waals surface area contributed by atoms with Crippen LogP contribution in [-0.4, -0.2) is 29.9 Å². The van der Waals surface area contributed by atoms with Gasteiger partial charge in [-0.1, -0.05) is 12.1 Å². The van der Waals surface area contributed by atoms with Crippen molar-refractivity contribution >= 4 is 17.2 Å². The molecular formula is C16H13FN6O. The standard InChI is InChI=1S/C16H13FN6O/c1-10-5-6-13-21-14(15(17)22(13)8-10)16(24)18-7-11-3-2-4-12-19-9-20-23(11)12/h2-6,8-9H,7H2,1H3,(H,18,24). The second kappa shape index (κ2) is 5.41. The van der Waals surface area contributed by atoms with Crippen molar-refractivity contribution in [1.82, 2.24) is 29.3 Å². The van der Waals surface area contributed by atoms with Crippen LogP contribution in [0.15, 0.2) is 42.9 Å². The Morgan fingerprint density at radius 3 is 3.00 bits per heavy atom. The Bertz CT molecular complexity index is 1070. The van der Waals surface area contributed by atoms with Crippen molar-refractivity contribution in [1.29, 1.82) is 0 Å². The number of aryl methyl sites for hydroxylation is 1. The molecule has 0 unspecified atom stereocenters. The number of aromatic nitrogens is 5. The van der Waals surface area contributed by atoms with Crippen molar-refractivity contribution in [2.75, 3.05) is 0 Å². The van der Waals surface area contributed by atoms with Gasteiger partial charge in [0.1, 0.15) is 12.0 Å². The summed E-state index contributed by atoms with van der Waals surface area (Å²) in [6.45, 7) is 2.03. The SMILES string of the molecule is Cc1ccc2nc(C(=O)NCc3cccc4ncnn34)c(F)n2c1. The van der Waals surface area contributed by atoms with Gasteiger partial charge in [0.2, 0.25) is 5.95 Å². The lowest BCUT2D eigenvalue weighted by Gasteiger charge is -2.05. The van der Waals surface area contributed by atoms with E-state index in [0.29, 0.717) is 11.3 Å².